The Morgan fingerprint density at radius 3 is 2.91 bits per heavy atom. The molecule has 9 heteroatoms. The third kappa shape index (κ3) is 4.74. The van der Waals surface area contributed by atoms with Gasteiger partial charge in [0.15, 0.2) is 0 Å². The highest BCUT2D eigenvalue weighted by Gasteiger charge is 2.35. The lowest BCUT2D eigenvalue weighted by atomic mass is 10.0. The minimum absolute atomic E-state index is 0.0219. The summed E-state index contributed by atoms with van der Waals surface area (Å²) in [6.07, 6.45) is 3.31. The highest BCUT2D eigenvalue weighted by atomic mass is 32.2. The van der Waals surface area contributed by atoms with E-state index in [0.717, 1.165) is 18.8 Å². The van der Waals surface area contributed by atoms with Gasteiger partial charge in [0, 0.05) is 33.4 Å². The van der Waals surface area contributed by atoms with Crippen LogP contribution in [0.1, 0.15) is 18.7 Å². The van der Waals surface area contributed by atoms with Gasteiger partial charge in [-0.1, -0.05) is 6.92 Å². The first kappa shape index (κ1) is 18.3. The monoisotopic (exact) mass is 346 g/mol. The Bertz CT molecular complexity index is 589. The van der Waals surface area contributed by atoms with Crippen molar-refractivity contribution in [2.75, 3.05) is 45.7 Å². The molecule has 0 spiro atoms. The maximum atomic E-state index is 12.0. The molecule has 1 aromatic heterocycles. The van der Waals surface area contributed by atoms with E-state index in [1.54, 1.807) is 6.33 Å². The molecule has 1 N–H and O–H groups in total. The van der Waals surface area contributed by atoms with Gasteiger partial charge in [-0.15, -0.1) is 0 Å². The van der Waals surface area contributed by atoms with Gasteiger partial charge in [0.2, 0.25) is 10.0 Å². The van der Waals surface area contributed by atoms with Crippen LogP contribution in [-0.4, -0.2) is 74.7 Å². The molecular weight excluding hydrogens is 320 g/mol. The third-order valence-electron chi connectivity index (χ3n) is 4.08. The Balaban J connectivity index is 2.10. The lowest BCUT2D eigenvalue weighted by Gasteiger charge is -2.40. The van der Waals surface area contributed by atoms with Crippen molar-refractivity contribution in [2.24, 2.45) is 7.05 Å². The molecule has 23 heavy (non-hydrogen) atoms. The molecule has 0 bridgehead atoms. The predicted octanol–water partition coefficient (Wildman–Crippen LogP) is -0.252. The number of sulfonamides is 1. The molecule has 1 aromatic rings. The molecule has 1 aliphatic rings. The van der Waals surface area contributed by atoms with E-state index < -0.39 is 10.0 Å². The summed E-state index contributed by atoms with van der Waals surface area (Å²) in [4.78, 5) is 6.46. The zero-order valence-corrected chi connectivity index (χ0v) is 14.8. The predicted molar refractivity (Wildman–Crippen MR) is 86.6 cm³/mol. The van der Waals surface area contributed by atoms with E-state index in [-0.39, 0.29) is 31.1 Å². The van der Waals surface area contributed by atoms with E-state index in [0.29, 0.717) is 6.61 Å². The zero-order valence-electron chi connectivity index (χ0n) is 13.9. The standard InChI is InChI=1S/C14H26N4O4S/c1-4-18-5-6-22-13(10-16-23(19,20)8-7-21-3)14(18)12-9-15-11-17(12)2/h9,11,13-14,16H,4-8,10H2,1-3H3/t13-,14-/m0/s1. The van der Waals surface area contributed by atoms with Gasteiger partial charge in [-0.05, 0) is 6.54 Å². The van der Waals surface area contributed by atoms with Crippen LogP contribution in [0, 0.1) is 0 Å². The minimum Gasteiger partial charge on any atom is -0.384 e. The van der Waals surface area contributed by atoms with Crippen LogP contribution in [0.25, 0.3) is 0 Å². The van der Waals surface area contributed by atoms with Crippen molar-refractivity contribution >= 4 is 10.0 Å². The number of likely N-dealkylation sites (N-methyl/N-ethyl adjacent to an activating group) is 1. The number of hydrogen-bond donors (Lipinski definition) is 1. The fourth-order valence-electron chi connectivity index (χ4n) is 2.82. The summed E-state index contributed by atoms with van der Waals surface area (Å²) in [5.74, 6) is -0.0515. The van der Waals surface area contributed by atoms with E-state index in [1.807, 2.05) is 17.8 Å². The number of nitrogens with one attached hydrogen (secondary N) is 1. The second-order valence-corrected chi connectivity index (χ2v) is 7.50. The Kier molecular flexibility index (Phi) is 6.54. The van der Waals surface area contributed by atoms with Crippen LogP contribution >= 0.6 is 0 Å². The number of ether oxygens (including phenoxy) is 2. The smallest absolute Gasteiger partial charge is 0.213 e. The van der Waals surface area contributed by atoms with E-state index in [9.17, 15) is 8.42 Å². The Morgan fingerprint density at radius 2 is 2.30 bits per heavy atom. The number of hydrogen-bond acceptors (Lipinski definition) is 6. The molecule has 2 heterocycles. The molecule has 2 rings (SSSR count). The van der Waals surface area contributed by atoms with E-state index in [2.05, 4.69) is 21.5 Å². The first-order valence-electron chi connectivity index (χ1n) is 7.76. The molecule has 132 valence electrons. The fourth-order valence-corrected chi connectivity index (χ4v) is 3.76. The second-order valence-electron chi connectivity index (χ2n) is 5.57. The summed E-state index contributed by atoms with van der Waals surface area (Å²) in [7, 11) is 0.0530. The third-order valence-corrected chi connectivity index (χ3v) is 5.39. The summed E-state index contributed by atoms with van der Waals surface area (Å²) >= 11 is 0. The number of methoxy groups -OCH3 is 1. The second kappa shape index (κ2) is 8.20. The molecule has 0 amide bonds. The largest absolute Gasteiger partial charge is 0.384 e. The molecule has 0 aromatic carbocycles. The van der Waals surface area contributed by atoms with Crippen LogP contribution in [-0.2, 0) is 26.5 Å². The Morgan fingerprint density at radius 1 is 1.52 bits per heavy atom. The van der Waals surface area contributed by atoms with Crippen molar-refractivity contribution in [1.29, 1.82) is 0 Å². The lowest BCUT2D eigenvalue weighted by Crippen LogP contribution is -2.50. The lowest BCUT2D eigenvalue weighted by molar-refractivity contribution is -0.0695. The number of aryl methyl sites for hydroxylation is 1. The Hall–Kier alpha value is -1.00. The first-order valence-corrected chi connectivity index (χ1v) is 9.42. The van der Waals surface area contributed by atoms with Gasteiger partial charge in [0.1, 0.15) is 0 Å². The van der Waals surface area contributed by atoms with Crippen LogP contribution < -0.4 is 4.72 Å². The summed E-state index contributed by atoms with van der Waals surface area (Å²) in [6, 6.07) is -0.0219. The number of rotatable bonds is 8. The molecule has 2 atom stereocenters. The zero-order chi connectivity index (χ0) is 16.9. The van der Waals surface area contributed by atoms with Crippen molar-refractivity contribution in [2.45, 2.75) is 19.1 Å². The van der Waals surface area contributed by atoms with Crippen LogP contribution in [0.3, 0.4) is 0 Å². The fraction of sp³-hybridized carbons (Fsp3) is 0.786. The molecule has 0 aliphatic carbocycles. The van der Waals surface area contributed by atoms with Crippen LogP contribution in [0.4, 0.5) is 0 Å². The van der Waals surface area contributed by atoms with Gasteiger partial charge in [0.25, 0.3) is 0 Å². The molecule has 1 saturated heterocycles. The summed E-state index contributed by atoms with van der Waals surface area (Å²) in [5.41, 5.74) is 1.02. The summed E-state index contributed by atoms with van der Waals surface area (Å²) in [5, 5.41) is 0. The summed E-state index contributed by atoms with van der Waals surface area (Å²) < 4.78 is 39.2. The molecule has 8 nitrogen and oxygen atoms in total. The van der Waals surface area contributed by atoms with Gasteiger partial charge < -0.3 is 14.0 Å². The van der Waals surface area contributed by atoms with Gasteiger partial charge in [0.05, 0.1) is 43.1 Å². The number of aromatic nitrogens is 2. The van der Waals surface area contributed by atoms with Crippen molar-refractivity contribution in [3.63, 3.8) is 0 Å². The van der Waals surface area contributed by atoms with E-state index >= 15 is 0 Å². The SMILES string of the molecule is CCN1CCO[C@@H](CNS(=O)(=O)CCOC)[C@@H]1c1cncn1C. The highest BCUT2D eigenvalue weighted by Crippen LogP contribution is 2.28. The first-order chi connectivity index (χ1) is 11.0. The van der Waals surface area contributed by atoms with Gasteiger partial charge >= 0.3 is 0 Å². The maximum absolute atomic E-state index is 12.0. The van der Waals surface area contributed by atoms with Gasteiger partial charge in [-0.25, -0.2) is 18.1 Å². The molecular formula is C14H26N4O4S. The van der Waals surface area contributed by atoms with Crippen LogP contribution in [0.15, 0.2) is 12.5 Å². The van der Waals surface area contributed by atoms with Gasteiger partial charge in [-0.2, -0.15) is 0 Å². The van der Waals surface area contributed by atoms with Crippen molar-refractivity contribution in [1.82, 2.24) is 19.2 Å². The van der Waals surface area contributed by atoms with Crippen LogP contribution in [0.2, 0.25) is 0 Å². The van der Waals surface area contributed by atoms with Crippen molar-refractivity contribution in [3.05, 3.63) is 18.2 Å². The summed E-state index contributed by atoms with van der Waals surface area (Å²) in [6.45, 7) is 4.78. The van der Waals surface area contributed by atoms with Crippen molar-refractivity contribution in [3.8, 4) is 0 Å². The van der Waals surface area contributed by atoms with E-state index in [4.69, 9.17) is 9.47 Å². The van der Waals surface area contributed by atoms with E-state index in [1.165, 1.54) is 7.11 Å². The quantitative estimate of drug-likeness (QED) is 0.698. The molecule has 0 saturated carbocycles. The molecule has 0 unspecified atom stereocenters. The minimum atomic E-state index is -3.37. The Labute approximate surface area is 137 Å². The number of morpholine rings is 1. The molecule has 0 radical (unpaired) electrons. The van der Waals surface area contributed by atoms with Crippen LogP contribution in [0.5, 0.6) is 0 Å². The van der Waals surface area contributed by atoms with Gasteiger partial charge in [-0.3, -0.25) is 4.90 Å². The topological polar surface area (TPSA) is 85.7 Å². The maximum Gasteiger partial charge on any atom is 0.213 e. The van der Waals surface area contributed by atoms with Crippen molar-refractivity contribution < 1.29 is 17.9 Å². The average molecular weight is 346 g/mol. The number of imidazole rings is 1. The average Bonchev–Trinajstić information content (AvgIpc) is 2.96. The number of nitrogens with zero attached hydrogens (tertiary/aromatic N) is 3. The normalized spacial score (nSPS) is 23.3. The highest BCUT2D eigenvalue weighted by molar-refractivity contribution is 7.89. The molecule has 1 fully saturated rings. The molecule has 1 aliphatic heterocycles.